The summed E-state index contributed by atoms with van der Waals surface area (Å²) in [5, 5.41) is 5.07. The third-order valence-corrected chi connectivity index (χ3v) is 4.77. The quantitative estimate of drug-likeness (QED) is 0.870. The molecule has 102 valence electrons. The van der Waals surface area contributed by atoms with Gasteiger partial charge in [0.2, 0.25) is 0 Å². The van der Waals surface area contributed by atoms with Gasteiger partial charge >= 0.3 is 0 Å². The Labute approximate surface area is 115 Å². The summed E-state index contributed by atoms with van der Waals surface area (Å²) in [5.74, 6) is 0. The van der Waals surface area contributed by atoms with Crippen LogP contribution in [0.4, 0.5) is 0 Å². The van der Waals surface area contributed by atoms with Crippen LogP contribution < -0.4 is 5.32 Å². The van der Waals surface area contributed by atoms with E-state index in [1.54, 1.807) is 0 Å². The van der Waals surface area contributed by atoms with Gasteiger partial charge in [0.25, 0.3) is 0 Å². The highest BCUT2D eigenvalue weighted by molar-refractivity contribution is 5.85. The molecule has 2 nitrogen and oxygen atoms in total. The van der Waals surface area contributed by atoms with E-state index in [9.17, 15) is 0 Å². The molecule has 1 fully saturated rings. The molecule has 0 saturated carbocycles. The van der Waals surface area contributed by atoms with Crippen LogP contribution >= 0.6 is 0 Å². The number of benzene rings is 1. The SMILES string of the molecule is Cc1c(C)n(C)c2ccc(CC3CCCCN3)cc12. The number of nitrogens with zero attached hydrogens (tertiary/aromatic N) is 1. The van der Waals surface area contributed by atoms with E-state index in [0.717, 1.165) is 0 Å². The highest BCUT2D eigenvalue weighted by Gasteiger charge is 2.14. The van der Waals surface area contributed by atoms with E-state index in [2.05, 4.69) is 49.0 Å². The Balaban J connectivity index is 1.90. The summed E-state index contributed by atoms with van der Waals surface area (Å²) in [6.45, 7) is 5.63. The summed E-state index contributed by atoms with van der Waals surface area (Å²) in [6.07, 6.45) is 5.21. The van der Waals surface area contributed by atoms with Crippen LogP contribution in [0.5, 0.6) is 0 Å². The van der Waals surface area contributed by atoms with Gasteiger partial charge in [0, 0.05) is 29.7 Å². The smallest absolute Gasteiger partial charge is 0.0482 e. The Hall–Kier alpha value is -1.28. The molecule has 2 heterocycles. The largest absolute Gasteiger partial charge is 0.348 e. The Morgan fingerprint density at radius 1 is 1.26 bits per heavy atom. The van der Waals surface area contributed by atoms with E-state index < -0.39 is 0 Å². The number of rotatable bonds is 2. The van der Waals surface area contributed by atoms with Gasteiger partial charge < -0.3 is 9.88 Å². The predicted molar refractivity (Wildman–Crippen MR) is 81.7 cm³/mol. The molecule has 0 bridgehead atoms. The summed E-state index contributed by atoms with van der Waals surface area (Å²) in [5.41, 5.74) is 5.63. The Morgan fingerprint density at radius 3 is 2.84 bits per heavy atom. The zero-order chi connectivity index (χ0) is 13.4. The molecule has 1 aromatic carbocycles. The fraction of sp³-hybridized carbons (Fsp3) is 0.529. The van der Waals surface area contributed by atoms with E-state index in [4.69, 9.17) is 0 Å². The van der Waals surface area contributed by atoms with Crippen molar-refractivity contribution in [1.29, 1.82) is 0 Å². The van der Waals surface area contributed by atoms with E-state index in [0.29, 0.717) is 6.04 Å². The molecule has 2 aromatic rings. The minimum atomic E-state index is 0.677. The second kappa shape index (κ2) is 5.01. The number of fused-ring (bicyclic) bond motifs is 1. The second-order valence-electron chi connectivity index (χ2n) is 5.97. The maximum absolute atomic E-state index is 3.64. The van der Waals surface area contributed by atoms with Crippen LogP contribution in [0.2, 0.25) is 0 Å². The summed E-state index contributed by atoms with van der Waals surface area (Å²) in [4.78, 5) is 0. The predicted octanol–water partition coefficient (Wildman–Crippen LogP) is 3.48. The molecule has 0 aliphatic carbocycles. The first-order chi connectivity index (χ1) is 9.16. The van der Waals surface area contributed by atoms with Crippen LogP contribution in [0, 0.1) is 13.8 Å². The molecule has 19 heavy (non-hydrogen) atoms. The number of aryl methyl sites for hydroxylation is 2. The van der Waals surface area contributed by atoms with Crippen molar-refractivity contribution in [3.8, 4) is 0 Å². The molecule has 1 unspecified atom stereocenters. The first-order valence-electron chi connectivity index (χ1n) is 7.44. The van der Waals surface area contributed by atoms with Crippen molar-refractivity contribution in [3.05, 3.63) is 35.0 Å². The average Bonchev–Trinajstić information content (AvgIpc) is 2.65. The lowest BCUT2D eigenvalue weighted by Gasteiger charge is -2.23. The fourth-order valence-corrected chi connectivity index (χ4v) is 3.31. The van der Waals surface area contributed by atoms with E-state index in [-0.39, 0.29) is 0 Å². The molecular weight excluding hydrogens is 232 g/mol. The molecule has 1 aliphatic heterocycles. The van der Waals surface area contributed by atoms with Crippen molar-refractivity contribution >= 4 is 10.9 Å². The van der Waals surface area contributed by atoms with E-state index in [1.165, 1.54) is 60.0 Å². The third kappa shape index (κ3) is 2.30. The second-order valence-corrected chi connectivity index (χ2v) is 5.97. The first kappa shape index (κ1) is 12.7. The monoisotopic (exact) mass is 256 g/mol. The van der Waals surface area contributed by atoms with Crippen LogP contribution in [0.15, 0.2) is 18.2 Å². The lowest BCUT2D eigenvalue weighted by atomic mass is 9.97. The van der Waals surface area contributed by atoms with E-state index >= 15 is 0 Å². The minimum Gasteiger partial charge on any atom is -0.348 e. The van der Waals surface area contributed by atoms with E-state index in [1.807, 2.05) is 0 Å². The van der Waals surface area contributed by atoms with Gasteiger partial charge in [-0.15, -0.1) is 0 Å². The maximum Gasteiger partial charge on any atom is 0.0482 e. The molecular formula is C17H24N2. The number of hydrogen-bond acceptors (Lipinski definition) is 1. The molecule has 1 saturated heterocycles. The normalized spacial score (nSPS) is 20.1. The highest BCUT2D eigenvalue weighted by atomic mass is 14.9. The van der Waals surface area contributed by atoms with Crippen molar-refractivity contribution in [2.24, 2.45) is 7.05 Å². The Morgan fingerprint density at radius 2 is 2.11 bits per heavy atom. The highest BCUT2D eigenvalue weighted by Crippen LogP contribution is 2.26. The fourth-order valence-electron chi connectivity index (χ4n) is 3.31. The van der Waals surface area contributed by atoms with Crippen molar-refractivity contribution < 1.29 is 0 Å². The van der Waals surface area contributed by atoms with Gasteiger partial charge in [-0.3, -0.25) is 0 Å². The van der Waals surface area contributed by atoms with Crippen molar-refractivity contribution in [2.45, 2.75) is 45.6 Å². The van der Waals surface area contributed by atoms with Crippen LogP contribution in [0.25, 0.3) is 10.9 Å². The Kier molecular flexibility index (Phi) is 3.36. The maximum atomic E-state index is 3.64. The Bertz CT molecular complexity index is 589. The third-order valence-electron chi connectivity index (χ3n) is 4.77. The average molecular weight is 256 g/mol. The summed E-state index contributed by atoms with van der Waals surface area (Å²) in [7, 11) is 2.16. The molecule has 1 N–H and O–H groups in total. The molecule has 2 heteroatoms. The summed E-state index contributed by atoms with van der Waals surface area (Å²) < 4.78 is 2.30. The van der Waals surface area contributed by atoms with Crippen LogP contribution in [0.1, 0.15) is 36.1 Å². The van der Waals surface area contributed by atoms with Crippen molar-refractivity contribution in [2.75, 3.05) is 6.54 Å². The number of piperidine rings is 1. The molecule has 0 spiro atoms. The van der Waals surface area contributed by atoms with Crippen molar-refractivity contribution in [3.63, 3.8) is 0 Å². The number of hydrogen-bond donors (Lipinski definition) is 1. The van der Waals surface area contributed by atoms with Crippen LogP contribution in [-0.2, 0) is 13.5 Å². The zero-order valence-corrected chi connectivity index (χ0v) is 12.3. The summed E-state index contributed by atoms with van der Waals surface area (Å²) >= 11 is 0. The number of nitrogens with one attached hydrogen (secondary N) is 1. The molecule has 0 radical (unpaired) electrons. The van der Waals surface area contributed by atoms with Gasteiger partial charge in [-0.1, -0.05) is 12.5 Å². The van der Waals surface area contributed by atoms with Gasteiger partial charge in [-0.05, 0) is 62.9 Å². The van der Waals surface area contributed by atoms with Gasteiger partial charge in [-0.2, -0.15) is 0 Å². The van der Waals surface area contributed by atoms with Gasteiger partial charge in [-0.25, -0.2) is 0 Å². The summed E-state index contributed by atoms with van der Waals surface area (Å²) in [6, 6.07) is 7.66. The van der Waals surface area contributed by atoms with Gasteiger partial charge in [0.05, 0.1) is 0 Å². The minimum absolute atomic E-state index is 0.677. The van der Waals surface area contributed by atoms with Gasteiger partial charge in [0.15, 0.2) is 0 Å². The molecule has 3 rings (SSSR count). The standard InChI is InChI=1S/C17H24N2/c1-12-13(2)19(3)17-8-7-14(11-16(12)17)10-15-6-4-5-9-18-15/h7-8,11,15,18H,4-6,9-10H2,1-3H3. The lowest BCUT2D eigenvalue weighted by molar-refractivity contribution is 0.399. The zero-order valence-electron chi connectivity index (χ0n) is 12.3. The molecule has 1 aromatic heterocycles. The molecule has 1 atom stereocenters. The van der Waals surface area contributed by atoms with Gasteiger partial charge in [0.1, 0.15) is 0 Å². The topological polar surface area (TPSA) is 17.0 Å². The number of aromatic nitrogens is 1. The lowest BCUT2D eigenvalue weighted by Crippen LogP contribution is -2.35. The van der Waals surface area contributed by atoms with Crippen LogP contribution in [0.3, 0.4) is 0 Å². The van der Waals surface area contributed by atoms with Crippen LogP contribution in [-0.4, -0.2) is 17.2 Å². The first-order valence-corrected chi connectivity index (χ1v) is 7.44. The molecule has 1 aliphatic rings. The molecule has 0 amide bonds. The van der Waals surface area contributed by atoms with Crippen molar-refractivity contribution in [1.82, 2.24) is 9.88 Å².